The van der Waals surface area contributed by atoms with Crippen LogP contribution in [0.4, 0.5) is 10.1 Å². The maximum atomic E-state index is 14.4. The largest absolute Gasteiger partial charge is 0.364 e. The number of hydrogen-bond acceptors (Lipinski definition) is 3. The average Bonchev–Trinajstić information content (AvgIpc) is 2.89. The molecule has 0 saturated heterocycles. The number of nitrogens with zero attached hydrogens (tertiary/aromatic N) is 1. The fourth-order valence-corrected chi connectivity index (χ4v) is 3.82. The van der Waals surface area contributed by atoms with E-state index in [0.29, 0.717) is 16.7 Å². The van der Waals surface area contributed by atoms with Crippen molar-refractivity contribution in [1.29, 1.82) is 0 Å². The smallest absolute Gasteiger partial charge is 0.160 e. The highest BCUT2D eigenvalue weighted by Gasteiger charge is 2.21. The molecule has 0 spiro atoms. The van der Waals surface area contributed by atoms with Crippen molar-refractivity contribution in [3.8, 4) is 0 Å². The number of fused-ring (bicyclic) bond motifs is 1. The summed E-state index contributed by atoms with van der Waals surface area (Å²) >= 11 is 5.09. The molecular weight excluding hydrogens is 327 g/mol. The second kappa shape index (κ2) is 5.23. The van der Waals surface area contributed by atoms with Crippen LogP contribution in [0, 0.1) is 5.82 Å². The molecule has 1 aromatic carbocycles. The number of nitrogens with two attached hydrogens (primary N) is 1. The molecule has 0 fully saturated rings. The van der Waals surface area contributed by atoms with E-state index in [0.717, 1.165) is 25.1 Å². The minimum Gasteiger partial charge on any atom is -0.364 e. The van der Waals surface area contributed by atoms with E-state index in [2.05, 4.69) is 32.3 Å². The summed E-state index contributed by atoms with van der Waals surface area (Å²) in [6.45, 7) is 1.98. The second-order valence-corrected chi connectivity index (χ2v) is 6.41. The molecule has 0 aliphatic carbocycles. The molecule has 3 rings (SSSR count). The van der Waals surface area contributed by atoms with Gasteiger partial charge in [-0.15, -0.1) is 11.3 Å². The molecule has 0 radical (unpaired) electrons. The monoisotopic (exact) mass is 340 g/mol. The van der Waals surface area contributed by atoms with Crippen molar-refractivity contribution in [2.45, 2.75) is 19.5 Å². The van der Waals surface area contributed by atoms with Gasteiger partial charge in [0.15, 0.2) is 5.82 Å². The van der Waals surface area contributed by atoms with Crippen molar-refractivity contribution in [1.82, 2.24) is 0 Å². The minimum absolute atomic E-state index is 0.207. The van der Waals surface area contributed by atoms with Gasteiger partial charge in [0.05, 0.1) is 10.2 Å². The van der Waals surface area contributed by atoms with Crippen LogP contribution in [0.15, 0.2) is 28.1 Å². The van der Waals surface area contributed by atoms with Crippen LogP contribution in [0.2, 0.25) is 0 Å². The SMILES string of the molecule is NCc1ccc(N2CCc3sccc3C2)c(F)c1Br. The molecule has 1 aromatic heterocycles. The minimum atomic E-state index is -0.207. The number of hydrogen-bond donors (Lipinski definition) is 1. The Morgan fingerprint density at radius 2 is 2.21 bits per heavy atom. The summed E-state index contributed by atoms with van der Waals surface area (Å²) in [6, 6.07) is 5.86. The van der Waals surface area contributed by atoms with E-state index in [1.807, 2.05) is 12.1 Å². The Kier molecular flexibility index (Phi) is 3.60. The Bertz CT molecular complexity index is 611. The fraction of sp³-hybridized carbons (Fsp3) is 0.286. The fourth-order valence-electron chi connectivity index (χ4n) is 2.44. The quantitative estimate of drug-likeness (QED) is 0.903. The van der Waals surface area contributed by atoms with Gasteiger partial charge in [0.1, 0.15) is 0 Å². The molecule has 0 atom stereocenters. The molecule has 2 nitrogen and oxygen atoms in total. The van der Waals surface area contributed by atoms with Crippen LogP contribution in [-0.4, -0.2) is 6.54 Å². The molecule has 5 heteroatoms. The Balaban J connectivity index is 1.94. The van der Waals surface area contributed by atoms with Gasteiger partial charge < -0.3 is 10.6 Å². The van der Waals surface area contributed by atoms with E-state index in [9.17, 15) is 4.39 Å². The Morgan fingerprint density at radius 1 is 1.37 bits per heavy atom. The first-order valence-corrected chi connectivity index (χ1v) is 7.85. The molecule has 100 valence electrons. The van der Waals surface area contributed by atoms with E-state index in [-0.39, 0.29) is 5.82 Å². The number of halogens is 2. The van der Waals surface area contributed by atoms with Gasteiger partial charge in [-0.1, -0.05) is 6.07 Å². The molecule has 2 N–H and O–H groups in total. The van der Waals surface area contributed by atoms with Gasteiger partial charge in [-0.25, -0.2) is 4.39 Å². The molecule has 19 heavy (non-hydrogen) atoms. The highest BCUT2D eigenvalue weighted by molar-refractivity contribution is 9.10. The zero-order valence-corrected chi connectivity index (χ0v) is 12.7. The second-order valence-electron chi connectivity index (χ2n) is 4.62. The summed E-state index contributed by atoms with van der Waals surface area (Å²) in [5.41, 5.74) is 8.36. The first-order valence-electron chi connectivity index (χ1n) is 6.18. The highest BCUT2D eigenvalue weighted by Crippen LogP contribution is 2.33. The topological polar surface area (TPSA) is 29.3 Å². The molecule has 0 bridgehead atoms. The van der Waals surface area contributed by atoms with Crippen molar-refractivity contribution in [3.63, 3.8) is 0 Å². The van der Waals surface area contributed by atoms with Gasteiger partial charge in [0.25, 0.3) is 0 Å². The van der Waals surface area contributed by atoms with E-state index in [1.54, 1.807) is 11.3 Å². The van der Waals surface area contributed by atoms with Crippen molar-refractivity contribution in [3.05, 3.63) is 49.9 Å². The Morgan fingerprint density at radius 3 is 3.00 bits per heavy atom. The van der Waals surface area contributed by atoms with Gasteiger partial charge in [0.2, 0.25) is 0 Å². The predicted molar refractivity (Wildman–Crippen MR) is 81.1 cm³/mol. The van der Waals surface area contributed by atoms with Crippen molar-refractivity contribution < 1.29 is 4.39 Å². The van der Waals surface area contributed by atoms with E-state index in [1.165, 1.54) is 10.4 Å². The average molecular weight is 341 g/mol. The van der Waals surface area contributed by atoms with E-state index >= 15 is 0 Å². The van der Waals surface area contributed by atoms with Gasteiger partial charge in [-0.2, -0.15) is 0 Å². The maximum absolute atomic E-state index is 14.4. The van der Waals surface area contributed by atoms with Crippen LogP contribution in [0.3, 0.4) is 0 Å². The number of thiophene rings is 1. The summed E-state index contributed by atoms with van der Waals surface area (Å²) in [4.78, 5) is 3.52. The van der Waals surface area contributed by atoms with Crippen LogP contribution in [0.1, 0.15) is 16.0 Å². The molecule has 1 aliphatic rings. The van der Waals surface area contributed by atoms with Crippen molar-refractivity contribution >= 4 is 33.0 Å². The van der Waals surface area contributed by atoms with E-state index in [4.69, 9.17) is 5.73 Å². The standard InChI is InChI=1S/C14H14BrFN2S/c15-13-9(7-17)1-2-11(14(13)16)18-5-3-12-10(8-18)4-6-19-12/h1-2,4,6H,3,5,7-8,17H2. The van der Waals surface area contributed by atoms with Gasteiger partial charge >= 0.3 is 0 Å². The van der Waals surface area contributed by atoms with Gasteiger partial charge in [-0.3, -0.25) is 0 Å². The molecule has 2 heterocycles. The molecule has 0 saturated carbocycles. The summed E-state index contributed by atoms with van der Waals surface area (Å²) in [5.74, 6) is -0.207. The van der Waals surface area contributed by atoms with Crippen molar-refractivity contribution in [2.75, 3.05) is 11.4 Å². The lowest BCUT2D eigenvalue weighted by atomic mass is 10.1. The number of benzene rings is 1. The molecule has 2 aromatic rings. The lowest BCUT2D eigenvalue weighted by molar-refractivity contribution is 0.603. The van der Waals surface area contributed by atoms with Crippen molar-refractivity contribution in [2.24, 2.45) is 5.73 Å². The zero-order chi connectivity index (χ0) is 13.4. The third-order valence-corrected chi connectivity index (χ3v) is 5.39. The highest BCUT2D eigenvalue weighted by atomic mass is 79.9. The van der Waals surface area contributed by atoms with Crippen LogP contribution in [0.5, 0.6) is 0 Å². The summed E-state index contributed by atoms with van der Waals surface area (Å²) in [7, 11) is 0. The van der Waals surface area contributed by atoms with Crippen LogP contribution >= 0.6 is 27.3 Å². The normalized spacial score (nSPS) is 14.6. The molecule has 0 amide bonds. The van der Waals surface area contributed by atoms with Crippen LogP contribution < -0.4 is 10.6 Å². The van der Waals surface area contributed by atoms with Gasteiger partial charge in [-0.05, 0) is 51.0 Å². The zero-order valence-electron chi connectivity index (χ0n) is 10.3. The van der Waals surface area contributed by atoms with Crippen LogP contribution in [-0.2, 0) is 19.5 Å². The Labute approximate surface area is 124 Å². The lowest BCUT2D eigenvalue weighted by Crippen LogP contribution is -2.30. The Hall–Kier alpha value is -0.910. The predicted octanol–water partition coefficient (Wildman–Crippen LogP) is 3.67. The first kappa shape index (κ1) is 13.1. The van der Waals surface area contributed by atoms with Crippen LogP contribution in [0.25, 0.3) is 0 Å². The summed E-state index contributed by atoms with van der Waals surface area (Å²) < 4.78 is 14.9. The summed E-state index contributed by atoms with van der Waals surface area (Å²) in [5, 5.41) is 2.11. The number of rotatable bonds is 2. The summed E-state index contributed by atoms with van der Waals surface area (Å²) in [6.07, 6.45) is 0.989. The molecule has 0 unspecified atom stereocenters. The van der Waals surface area contributed by atoms with Gasteiger partial charge in [0, 0.05) is 24.5 Å². The maximum Gasteiger partial charge on any atom is 0.160 e. The lowest BCUT2D eigenvalue weighted by Gasteiger charge is -2.29. The van der Waals surface area contributed by atoms with E-state index < -0.39 is 0 Å². The first-order chi connectivity index (χ1) is 9.20. The molecular formula is C14H14BrFN2S. The third kappa shape index (κ3) is 2.30. The number of anilines is 1. The third-order valence-electron chi connectivity index (χ3n) is 3.51. The molecule has 1 aliphatic heterocycles.